The van der Waals surface area contributed by atoms with Crippen molar-refractivity contribution >= 4 is 6.03 Å². The molecule has 1 heterocycles. The molecule has 0 bridgehead atoms. The summed E-state index contributed by atoms with van der Waals surface area (Å²) < 4.78 is 5.88. The normalized spacial score (nSPS) is 18.6. The van der Waals surface area contributed by atoms with E-state index in [0.717, 1.165) is 18.7 Å². The molecule has 0 N–H and O–H groups in total. The van der Waals surface area contributed by atoms with E-state index in [0.29, 0.717) is 25.6 Å². The molecule has 2 amide bonds. The minimum absolute atomic E-state index is 0.0190. The maximum absolute atomic E-state index is 12.5. The van der Waals surface area contributed by atoms with Gasteiger partial charge in [-0.25, -0.2) is 4.79 Å². The monoisotopic (exact) mass is 304 g/mol. The molecule has 1 aliphatic heterocycles. The van der Waals surface area contributed by atoms with Gasteiger partial charge in [0.25, 0.3) is 0 Å². The number of benzene rings is 1. The van der Waals surface area contributed by atoms with Crippen LogP contribution in [0.25, 0.3) is 0 Å². The molecular formula is C18H28N2O2. The highest BCUT2D eigenvalue weighted by molar-refractivity contribution is 5.74. The Hall–Kier alpha value is -1.55. The van der Waals surface area contributed by atoms with E-state index >= 15 is 0 Å². The molecule has 2 rings (SSSR count). The van der Waals surface area contributed by atoms with Gasteiger partial charge < -0.3 is 14.5 Å². The van der Waals surface area contributed by atoms with Gasteiger partial charge in [-0.15, -0.1) is 0 Å². The second kappa shape index (κ2) is 7.63. The molecule has 1 aliphatic rings. The van der Waals surface area contributed by atoms with E-state index in [1.54, 1.807) is 0 Å². The summed E-state index contributed by atoms with van der Waals surface area (Å²) in [5, 5.41) is 0. The number of nitrogens with zero attached hydrogens (tertiary/aromatic N) is 2. The van der Waals surface area contributed by atoms with Gasteiger partial charge in [0, 0.05) is 19.6 Å². The van der Waals surface area contributed by atoms with Crippen molar-refractivity contribution in [1.29, 1.82) is 0 Å². The van der Waals surface area contributed by atoms with E-state index in [9.17, 15) is 4.79 Å². The zero-order chi connectivity index (χ0) is 16.1. The fourth-order valence-electron chi connectivity index (χ4n) is 2.81. The molecule has 1 unspecified atom stereocenters. The van der Waals surface area contributed by atoms with Gasteiger partial charge in [0.05, 0.1) is 13.2 Å². The van der Waals surface area contributed by atoms with Crippen LogP contribution in [0.1, 0.15) is 50.8 Å². The average Bonchev–Trinajstić information content (AvgIpc) is 2.56. The molecule has 4 nitrogen and oxygen atoms in total. The number of urea groups is 1. The maximum atomic E-state index is 12.5. The van der Waals surface area contributed by atoms with Crippen LogP contribution in [0.15, 0.2) is 24.3 Å². The van der Waals surface area contributed by atoms with Crippen LogP contribution in [-0.4, -0.2) is 48.6 Å². The lowest BCUT2D eigenvalue weighted by atomic mass is 9.99. The molecular weight excluding hydrogens is 276 g/mol. The Kier molecular flexibility index (Phi) is 5.83. The van der Waals surface area contributed by atoms with Crippen LogP contribution < -0.4 is 0 Å². The molecule has 0 radical (unpaired) electrons. The lowest BCUT2D eigenvalue weighted by Gasteiger charge is -2.36. The van der Waals surface area contributed by atoms with Gasteiger partial charge in [0.2, 0.25) is 0 Å². The summed E-state index contributed by atoms with van der Waals surface area (Å²) in [4.78, 5) is 16.3. The van der Waals surface area contributed by atoms with Crippen LogP contribution in [-0.2, 0) is 4.74 Å². The number of ether oxygens (including phenoxy) is 1. The standard InChI is InChI=1S/C18H28N2O2/c1-5-19(6-2)18(21)20-11-12-22-17(13-20)16-9-7-15(8-10-16)14(3)4/h7-10,14,17H,5-6,11-13H2,1-4H3. The Bertz CT molecular complexity index is 480. The highest BCUT2D eigenvalue weighted by atomic mass is 16.5. The fourth-order valence-corrected chi connectivity index (χ4v) is 2.81. The highest BCUT2D eigenvalue weighted by Crippen LogP contribution is 2.25. The SMILES string of the molecule is CCN(CC)C(=O)N1CCOC(c2ccc(C(C)C)cc2)C1. The molecule has 1 saturated heterocycles. The van der Waals surface area contributed by atoms with Crippen molar-refractivity contribution in [2.75, 3.05) is 32.8 Å². The van der Waals surface area contributed by atoms with Gasteiger partial charge in [0.15, 0.2) is 0 Å². The predicted octanol–water partition coefficient (Wildman–Crippen LogP) is 3.65. The summed E-state index contributed by atoms with van der Waals surface area (Å²) in [5.41, 5.74) is 2.48. The first kappa shape index (κ1) is 16.8. The summed E-state index contributed by atoms with van der Waals surface area (Å²) in [6.45, 7) is 11.8. The van der Waals surface area contributed by atoms with E-state index in [1.807, 2.05) is 23.6 Å². The Labute approximate surface area is 134 Å². The van der Waals surface area contributed by atoms with Crippen LogP contribution in [0.2, 0.25) is 0 Å². The molecule has 0 aliphatic carbocycles. The number of carbonyl (C=O) groups is 1. The van der Waals surface area contributed by atoms with E-state index in [1.165, 1.54) is 5.56 Å². The summed E-state index contributed by atoms with van der Waals surface area (Å²) >= 11 is 0. The van der Waals surface area contributed by atoms with Gasteiger partial charge in [-0.05, 0) is 30.9 Å². The van der Waals surface area contributed by atoms with Crippen molar-refractivity contribution in [2.24, 2.45) is 0 Å². The predicted molar refractivity (Wildman–Crippen MR) is 89.1 cm³/mol. The number of hydrogen-bond acceptors (Lipinski definition) is 2. The quantitative estimate of drug-likeness (QED) is 0.850. The van der Waals surface area contributed by atoms with Gasteiger partial charge in [-0.2, -0.15) is 0 Å². The number of rotatable bonds is 4. The molecule has 1 aromatic rings. The summed E-state index contributed by atoms with van der Waals surface area (Å²) in [6, 6.07) is 8.71. The summed E-state index contributed by atoms with van der Waals surface area (Å²) in [5.74, 6) is 0.530. The number of morpholine rings is 1. The molecule has 122 valence electrons. The minimum atomic E-state index is -0.0190. The Balaban J connectivity index is 2.05. The molecule has 0 aromatic heterocycles. The third-order valence-electron chi connectivity index (χ3n) is 4.35. The zero-order valence-electron chi connectivity index (χ0n) is 14.2. The van der Waals surface area contributed by atoms with Crippen LogP contribution in [0.5, 0.6) is 0 Å². The van der Waals surface area contributed by atoms with Crippen LogP contribution in [0.4, 0.5) is 4.79 Å². The summed E-state index contributed by atoms with van der Waals surface area (Å²) in [6.07, 6.45) is -0.0190. The van der Waals surface area contributed by atoms with Gasteiger partial charge in [0.1, 0.15) is 6.10 Å². The first-order chi connectivity index (χ1) is 10.6. The molecule has 4 heteroatoms. The van der Waals surface area contributed by atoms with Gasteiger partial charge in [-0.1, -0.05) is 38.1 Å². The first-order valence-electron chi connectivity index (χ1n) is 8.32. The van der Waals surface area contributed by atoms with E-state index in [2.05, 4.69) is 38.1 Å². The number of carbonyl (C=O) groups excluding carboxylic acids is 1. The minimum Gasteiger partial charge on any atom is -0.370 e. The largest absolute Gasteiger partial charge is 0.370 e. The van der Waals surface area contributed by atoms with Crippen LogP contribution >= 0.6 is 0 Å². The third-order valence-corrected chi connectivity index (χ3v) is 4.35. The Morgan fingerprint density at radius 3 is 2.45 bits per heavy atom. The van der Waals surface area contributed by atoms with Crippen molar-refractivity contribution < 1.29 is 9.53 Å². The van der Waals surface area contributed by atoms with Gasteiger partial charge in [-0.3, -0.25) is 0 Å². The van der Waals surface area contributed by atoms with Crippen LogP contribution in [0.3, 0.4) is 0 Å². The van der Waals surface area contributed by atoms with E-state index < -0.39 is 0 Å². The van der Waals surface area contributed by atoms with E-state index in [-0.39, 0.29) is 12.1 Å². The smallest absolute Gasteiger partial charge is 0.320 e. The van der Waals surface area contributed by atoms with Crippen molar-refractivity contribution in [3.8, 4) is 0 Å². The van der Waals surface area contributed by atoms with Crippen molar-refractivity contribution in [1.82, 2.24) is 9.80 Å². The highest BCUT2D eigenvalue weighted by Gasteiger charge is 2.27. The molecule has 1 atom stereocenters. The Morgan fingerprint density at radius 2 is 1.91 bits per heavy atom. The van der Waals surface area contributed by atoms with Crippen molar-refractivity contribution in [3.05, 3.63) is 35.4 Å². The maximum Gasteiger partial charge on any atom is 0.320 e. The van der Waals surface area contributed by atoms with Gasteiger partial charge >= 0.3 is 6.03 Å². The van der Waals surface area contributed by atoms with Crippen molar-refractivity contribution in [2.45, 2.75) is 39.7 Å². The first-order valence-corrected chi connectivity index (χ1v) is 8.32. The zero-order valence-corrected chi connectivity index (χ0v) is 14.2. The van der Waals surface area contributed by atoms with Crippen LogP contribution in [0, 0.1) is 0 Å². The topological polar surface area (TPSA) is 32.8 Å². The molecule has 1 aromatic carbocycles. The second-order valence-corrected chi connectivity index (χ2v) is 6.08. The third kappa shape index (κ3) is 3.80. The molecule has 1 fully saturated rings. The summed E-state index contributed by atoms with van der Waals surface area (Å²) in [7, 11) is 0. The lowest BCUT2D eigenvalue weighted by molar-refractivity contribution is -0.0202. The molecule has 0 saturated carbocycles. The fraction of sp³-hybridized carbons (Fsp3) is 0.611. The Morgan fingerprint density at radius 1 is 1.27 bits per heavy atom. The van der Waals surface area contributed by atoms with E-state index in [4.69, 9.17) is 4.74 Å². The molecule has 22 heavy (non-hydrogen) atoms. The number of hydrogen-bond donors (Lipinski definition) is 0. The molecule has 0 spiro atoms. The average molecular weight is 304 g/mol. The van der Waals surface area contributed by atoms with Crippen molar-refractivity contribution in [3.63, 3.8) is 0 Å². The number of amides is 2. The second-order valence-electron chi connectivity index (χ2n) is 6.08. The lowest BCUT2D eigenvalue weighted by Crippen LogP contribution is -2.48.